The molecular weight excluding hydrogens is 381 g/mol. The lowest BCUT2D eigenvalue weighted by Crippen LogP contribution is -2.24. The van der Waals surface area contributed by atoms with Crippen LogP contribution in [0.4, 0.5) is 10.5 Å². The van der Waals surface area contributed by atoms with Gasteiger partial charge in [0.25, 0.3) is 0 Å². The lowest BCUT2D eigenvalue weighted by molar-refractivity contribution is 0.252. The molecule has 2 aromatic carbocycles. The van der Waals surface area contributed by atoms with Gasteiger partial charge in [-0.2, -0.15) is 5.10 Å². The molecule has 0 fully saturated rings. The first kappa shape index (κ1) is 15.3. The van der Waals surface area contributed by atoms with E-state index in [2.05, 4.69) is 15.8 Å². The molecule has 0 aliphatic rings. The summed E-state index contributed by atoms with van der Waals surface area (Å²) in [6.07, 6.45) is 1.51. The Hall–Kier alpha value is -2.09. The quantitative estimate of drug-likeness (QED) is 0.423. The molecule has 2 amide bonds. The topological polar surface area (TPSA) is 73.7 Å². The van der Waals surface area contributed by atoms with Crippen molar-refractivity contribution in [2.45, 2.75) is 6.92 Å². The number of urea groups is 1. The Labute approximate surface area is 136 Å². The Morgan fingerprint density at radius 2 is 2.05 bits per heavy atom. The molecule has 0 aliphatic carbocycles. The Morgan fingerprint density at radius 3 is 2.76 bits per heavy atom. The molecular formula is C15H14IN3O2. The number of nitrogens with one attached hydrogen (secondary N) is 2. The molecule has 2 rings (SSSR count). The Kier molecular flexibility index (Phi) is 5.15. The number of carbonyl (C=O) groups excluding carboxylic acids is 1. The van der Waals surface area contributed by atoms with Crippen molar-refractivity contribution in [2.75, 3.05) is 5.32 Å². The van der Waals surface area contributed by atoms with Crippen molar-refractivity contribution in [3.8, 4) is 5.75 Å². The number of benzene rings is 2. The van der Waals surface area contributed by atoms with Crippen molar-refractivity contribution < 1.29 is 9.90 Å². The number of rotatable bonds is 3. The normalized spacial score (nSPS) is 10.6. The minimum Gasteiger partial charge on any atom is -0.507 e. The molecule has 0 bridgehead atoms. The molecule has 108 valence electrons. The van der Waals surface area contributed by atoms with Crippen LogP contribution in [0.25, 0.3) is 0 Å². The van der Waals surface area contributed by atoms with E-state index < -0.39 is 6.03 Å². The first-order valence-electron chi connectivity index (χ1n) is 6.20. The number of aryl methyl sites for hydroxylation is 1. The smallest absolute Gasteiger partial charge is 0.339 e. The highest BCUT2D eigenvalue weighted by Crippen LogP contribution is 2.19. The van der Waals surface area contributed by atoms with E-state index in [1.807, 2.05) is 53.8 Å². The third-order valence-corrected chi connectivity index (χ3v) is 3.61. The largest absolute Gasteiger partial charge is 0.507 e. The van der Waals surface area contributed by atoms with Gasteiger partial charge in [0.15, 0.2) is 0 Å². The van der Waals surface area contributed by atoms with E-state index in [0.717, 1.165) is 20.4 Å². The van der Waals surface area contributed by atoms with Crippen molar-refractivity contribution in [2.24, 2.45) is 5.10 Å². The molecule has 0 unspecified atom stereocenters. The van der Waals surface area contributed by atoms with Crippen molar-refractivity contribution in [3.63, 3.8) is 0 Å². The number of phenolic OH excluding ortho intramolecular Hbond substituents is 1. The number of amides is 2. The maximum Gasteiger partial charge on any atom is 0.339 e. The fourth-order valence-corrected chi connectivity index (χ4v) is 2.17. The van der Waals surface area contributed by atoms with Crippen LogP contribution in [0, 0.1) is 10.5 Å². The summed E-state index contributed by atoms with van der Waals surface area (Å²) in [6.45, 7) is 1.91. The van der Waals surface area contributed by atoms with Crippen LogP contribution in [0.2, 0.25) is 0 Å². The van der Waals surface area contributed by atoms with Gasteiger partial charge in [-0.15, -0.1) is 0 Å². The van der Waals surface area contributed by atoms with Crippen molar-refractivity contribution >= 4 is 40.5 Å². The van der Waals surface area contributed by atoms with Crippen LogP contribution >= 0.6 is 22.6 Å². The molecule has 0 radical (unpaired) electrons. The van der Waals surface area contributed by atoms with Gasteiger partial charge in [-0.1, -0.05) is 18.2 Å². The molecule has 0 aromatic heterocycles. The van der Waals surface area contributed by atoms with E-state index in [9.17, 15) is 9.90 Å². The maximum absolute atomic E-state index is 11.7. The molecule has 0 heterocycles. The van der Waals surface area contributed by atoms with Crippen LogP contribution in [0.15, 0.2) is 47.6 Å². The number of hydrazone groups is 1. The first-order valence-corrected chi connectivity index (χ1v) is 7.28. The van der Waals surface area contributed by atoms with Gasteiger partial charge >= 0.3 is 6.03 Å². The summed E-state index contributed by atoms with van der Waals surface area (Å²) >= 11 is 2.02. The summed E-state index contributed by atoms with van der Waals surface area (Å²) in [5.74, 6) is 0.220. The summed E-state index contributed by atoms with van der Waals surface area (Å²) in [6, 6.07) is 12.1. The number of nitrogens with zero attached hydrogens (tertiary/aromatic N) is 1. The van der Waals surface area contributed by atoms with Crippen LogP contribution in [0.5, 0.6) is 5.75 Å². The summed E-state index contributed by atoms with van der Waals surface area (Å²) in [7, 11) is 0. The molecule has 2 aromatic rings. The number of phenols is 1. The summed E-state index contributed by atoms with van der Waals surface area (Å²) < 4.78 is 0.723. The van der Waals surface area contributed by atoms with Gasteiger partial charge < -0.3 is 10.4 Å². The third kappa shape index (κ3) is 4.45. The molecule has 21 heavy (non-hydrogen) atoms. The zero-order chi connectivity index (χ0) is 15.2. The molecule has 0 saturated heterocycles. The van der Waals surface area contributed by atoms with Gasteiger partial charge in [-0.25, -0.2) is 10.2 Å². The second-order valence-electron chi connectivity index (χ2n) is 4.35. The number of anilines is 1. The average molecular weight is 395 g/mol. The monoisotopic (exact) mass is 395 g/mol. The van der Waals surface area contributed by atoms with Crippen LogP contribution in [0.3, 0.4) is 0 Å². The molecule has 0 saturated carbocycles. The van der Waals surface area contributed by atoms with Gasteiger partial charge in [-0.05, 0) is 64.9 Å². The summed E-state index contributed by atoms with van der Waals surface area (Å²) in [5, 5.41) is 16.0. The van der Waals surface area contributed by atoms with Gasteiger partial charge in [0.05, 0.1) is 9.78 Å². The molecule has 0 aliphatic heterocycles. The van der Waals surface area contributed by atoms with E-state index in [1.165, 1.54) is 6.21 Å². The Morgan fingerprint density at radius 1 is 1.29 bits per heavy atom. The first-order chi connectivity index (χ1) is 10.1. The van der Waals surface area contributed by atoms with Gasteiger partial charge in [-0.3, -0.25) is 0 Å². The van der Waals surface area contributed by atoms with Crippen LogP contribution in [0.1, 0.15) is 11.1 Å². The lowest BCUT2D eigenvalue weighted by Gasteiger charge is -2.06. The minimum absolute atomic E-state index is 0.220. The molecule has 0 spiro atoms. The average Bonchev–Trinajstić information content (AvgIpc) is 2.45. The second kappa shape index (κ2) is 7.07. The Balaban J connectivity index is 1.93. The zero-order valence-corrected chi connectivity index (χ0v) is 13.5. The van der Waals surface area contributed by atoms with Crippen LogP contribution in [-0.2, 0) is 0 Å². The molecule has 3 N–H and O–H groups in total. The van der Waals surface area contributed by atoms with Crippen molar-refractivity contribution in [1.82, 2.24) is 5.43 Å². The van der Waals surface area contributed by atoms with Gasteiger partial charge in [0.1, 0.15) is 5.75 Å². The standard InChI is InChI=1S/C15H14IN3O2/c1-10-4-2-3-5-13(10)18-15(21)19-17-9-11-6-7-14(20)12(16)8-11/h2-9,20H,1H3,(H2,18,19,21). The highest BCUT2D eigenvalue weighted by atomic mass is 127. The fraction of sp³-hybridized carbons (Fsp3) is 0.0667. The molecule has 5 nitrogen and oxygen atoms in total. The summed E-state index contributed by atoms with van der Waals surface area (Å²) in [4.78, 5) is 11.7. The number of aromatic hydroxyl groups is 1. The predicted octanol–water partition coefficient (Wildman–Crippen LogP) is 3.46. The predicted molar refractivity (Wildman–Crippen MR) is 91.8 cm³/mol. The van der Waals surface area contributed by atoms with Crippen LogP contribution in [-0.4, -0.2) is 17.4 Å². The number of carbonyl (C=O) groups is 1. The fourth-order valence-electron chi connectivity index (χ4n) is 1.63. The maximum atomic E-state index is 11.7. The highest BCUT2D eigenvalue weighted by Gasteiger charge is 2.02. The van der Waals surface area contributed by atoms with E-state index in [-0.39, 0.29) is 5.75 Å². The van der Waals surface area contributed by atoms with E-state index >= 15 is 0 Å². The highest BCUT2D eigenvalue weighted by molar-refractivity contribution is 14.1. The second-order valence-corrected chi connectivity index (χ2v) is 5.51. The van der Waals surface area contributed by atoms with E-state index in [4.69, 9.17) is 0 Å². The molecule has 0 atom stereocenters. The minimum atomic E-state index is -0.408. The van der Waals surface area contributed by atoms with Crippen LogP contribution < -0.4 is 10.7 Å². The number of hydrogen-bond acceptors (Lipinski definition) is 3. The Bertz CT molecular complexity index is 686. The molecule has 6 heteroatoms. The van der Waals surface area contributed by atoms with Gasteiger partial charge in [0, 0.05) is 5.69 Å². The van der Waals surface area contributed by atoms with Crippen molar-refractivity contribution in [3.05, 3.63) is 57.2 Å². The number of para-hydroxylation sites is 1. The van der Waals surface area contributed by atoms with Crippen molar-refractivity contribution in [1.29, 1.82) is 0 Å². The number of halogens is 1. The number of hydrogen-bond donors (Lipinski definition) is 3. The summed E-state index contributed by atoms with van der Waals surface area (Å²) in [5.41, 5.74) is 4.90. The third-order valence-electron chi connectivity index (χ3n) is 2.74. The van der Waals surface area contributed by atoms with E-state index in [1.54, 1.807) is 18.2 Å². The van der Waals surface area contributed by atoms with E-state index in [0.29, 0.717) is 0 Å². The zero-order valence-electron chi connectivity index (χ0n) is 11.3. The van der Waals surface area contributed by atoms with Gasteiger partial charge in [0.2, 0.25) is 0 Å². The lowest BCUT2D eigenvalue weighted by atomic mass is 10.2. The SMILES string of the molecule is Cc1ccccc1NC(=O)NN=Cc1ccc(O)c(I)c1.